The van der Waals surface area contributed by atoms with Crippen LogP contribution in [0.3, 0.4) is 0 Å². The number of carbonyl (C=O) groups excluding carboxylic acids is 1. The first-order valence-corrected chi connectivity index (χ1v) is 6.26. The smallest absolute Gasteiger partial charge is 0.168 e. The van der Waals surface area contributed by atoms with E-state index in [1.54, 1.807) is 7.11 Å². The maximum atomic E-state index is 12.5. The van der Waals surface area contributed by atoms with Gasteiger partial charge in [0, 0.05) is 11.0 Å². The number of ether oxygens (including phenoxy) is 1. The molecule has 1 fully saturated rings. The molecule has 1 aliphatic rings. The third-order valence-corrected chi connectivity index (χ3v) is 3.91. The minimum atomic E-state index is -0.138. The molecule has 0 saturated heterocycles. The number of hydrogen-bond donors (Lipinski definition) is 0. The largest absolute Gasteiger partial charge is 0.496 e. The van der Waals surface area contributed by atoms with Gasteiger partial charge in [-0.15, -0.1) is 0 Å². The van der Waals surface area contributed by atoms with Crippen LogP contribution < -0.4 is 4.74 Å². The topological polar surface area (TPSA) is 26.3 Å². The van der Waals surface area contributed by atoms with Crippen molar-refractivity contribution in [1.82, 2.24) is 0 Å². The number of methoxy groups -OCH3 is 1. The van der Waals surface area contributed by atoms with E-state index in [9.17, 15) is 4.79 Å². The Hall–Kier alpha value is -1.31. The van der Waals surface area contributed by atoms with Crippen molar-refractivity contribution < 1.29 is 9.53 Å². The van der Waals surface area contributed by atoms with Crippen LogP contribution in [0.1, 0.15) is 48.5 Å². The lowest BCUT2D eigenvalue weighted by molar-refractivity contribution is 0.0823. The summed E-state index contributed by atoms with van der Waals surface area (Å²) in [6.45, 7) is 4.08. The van der Waals surface area contributed by atoms with E-state index >= 15 is 0 Å². The highest BCUT2D eigenvalue weighted by atomic mass is 16.5. The number of aryl methyl sites for hydroxylation is 1. The Kier molecular flexibility index (Phi) is 3.23. The molecule has 0 bridgehead atoms. The molecular formula is C15H20O2. The molecule has 92 valence electrons. The van der Waals surface area contributed by atoms with Gasteiger partial charge >= 0.3 is 0 Å². The zero-order valence-electron chi connectivity index (χ0n) is 10.9. The van der Waals surface area contributed by atoms with E-state index in [1.165, 1.54) is 12.8 Å². The molecule has 0 aromatic heterocycles. The van der Waals surface area contributed by atoms with Crippen LogP contribution in [-0.4, -0.2) is 12.9 Å². The van der Waals surface area contributed by atoms with E-state index in [4.69, 9.17) is 4.74 Å². The number of Topliss-reactive ketones (excluding diaryl/α,β-unsaturated/α-hetero) is 1. The Balaban J connectivity index is 2.28. The van der Waals surface area contributed by atoms with Crippen molar-refractivity contribution in [3.63, 3.8) is 0 Å². The molecule has 0 amide bonds. The standard InChI is InChI=1S/C15H20O2/c1-11-10-12(6-7-13(11)17-3)14(16)15(2)8-4-5-9-15/h6-7,10H,4-5,8-9H2,1-3H3. The van der Waals surface area contributed by atoms with Gasteiger partial charge in [-0.05, 0) is 43.5 Å². The minimum Gasteiger partial charge on any atom is -0.496 e. The summed E-state index contributed by atoms with van der Waals surface area (Å²) in [5, 5.41) is 0. The Morgan fingerprint density at radius 3 is 2.47 bits per heavy atom. The normalized spacial score (nSPS) is 18.1. The first-order chi connectivity index (χ1) is 8.07. The lowest BCUT2D eigenvalue weighted by atomic mass is 9.80. The van der Waals surface area contributed by atoms with Crippen molar-refractivity contribution in [2.45, 2.75) is 39.5 Å². The molecule has 0 aliphatic heterocycles. The molecule has 17 heavy (non-hydrogen) atoms. The molecule has 0 spiro atoms. The molecule has 0 radical (unpaired) electrons. The summed E-state index contributed by atoms with van der Waals surface area (Å²) in [6, 6.07) is 5.73. The highest BCUT2D eigenvalue weighted by Gasteiger charge is 2.36. The molecule has 1 aromatic rings. The second-order valence-electron chi connectivity index (χ2n) is 5.28. The molecule has 0 heterocycles. The summed E-state index contributed by atoms with van der Waals surface area (Å²) in [7, 11) is 1.65. The fraction of sp³-hybridized carbons (Fsp3) is 0.533. The Bertz CT molecular complexity index is 429. The number of rotatable bonds is 3. The van der Waals surface area contributed by atoms with Crippen LogP contribution in [0, 0.1) is 12.3 Å². The zero-order chi connectivity index (χ0) is 12.5. The van der Waals surface area contributed by atoms with Crippen molar-refractivity contribution in [2.24, 2.45) is 5.41 Å². The van der Waals surface area contributed by atoms with Gasteiger partial charge < -0.3 is 4.74 Å². The molecule has 1 aliphatic carbocycles. The fourth-order valence-electron chi connectivity index (χ4n) is 2.75. The quantitative estimate of drug-likeness (QED) is 0.741. The van der Waals surface area contributed by atoms with E-state index in [0.29, 0.717) is 5.78 Å². The van der Waals surface area contributed by atoms with Gasteiger partial charge in [-0.25, -0.2) is 0 Å². The minimum absolute atomic E-state index is 0.138. The van der Waals surface area contributed by atoms with Crippen LogP contribution in [-0.2, 0) is 0 Å². The molecule has 2 heteroatoms. The van der Waals surface area contributed by atoms with E-state index in [2.05, 4.69) is 6.92 Å². The van der Waals surface area contributed by atoms with E-state index < -0.39 is 0 Å². The Labute approximate surface area is 103 Å². The zero-order valence-corrected chi connectivity index (χ0v) is 10.9. The van der Waals surface area contributed by atoms with Gasteiger partial charge in [0.05, 0.1) is 7.11 Å². The molecule has 1 saturated carbocycles. The second kappa shape index (κ2) is 4.52. The maximum Gasteiger partial charge on any atom is 0.168 e. The van der Waals surface area contributed by atoms with Gasteiger partial charge in [-0.1, -0.05) is 19.8 Å². The van der Waals surface area contributed by atoms with Crippen molar-refractivity contribution >= 4 is 5.78 Å². The lowest BCUT2D eigenvalue weighted by Gasteiger charge is -2.22. The van der Waals surface area contributed by atoms with Crippen molar-refractivity contribution in [3.05, 3.63) is 29.3 Å². The summed E-state index contributed by atoms with van der Waals surface area (Å²) in [4.78, 5) is 12.5. The van der Waals surface area contributed by atoms with Gasteiger partial charge in [0.15, 0.2) is 5.78 Å². The molecule has 0 unspecified atom stereocenters. The lowest BCUT2D eigenvalue weighted by Crippen LogP contribution is -2.24. The number of hydrogen-bond acceptors (Lipinski definition) is 2. The summed E-state index contributed by atoms with van der Waals surface area (Å²) >= 11 is 0. The number of carbonyl (C=O) groups is 1. The van der Waals surface area contributed by atoms with Crippen LogP contribution in [0.15, 0.2) is 18.2 Å². The van der Waals surface area contributed by atoms with E-state index in [1.807, 2.05) is 25.1 Å². The number of ketones is 1. The third kappa shape index (κ3) is 2.21. The predicted octanol–water partition coefficient (Wildman–Crippen LogP) is 3.77. The van der Waals surface area contributed by atoms with Crippen LogP contribution in [0.2, 0.25) is 0 Å². The summed E-state index contributed by atoms with van der Waals surface area (Å²) in [5.41, 5.74) is 1.72. The SMILES string of the molecule is COc1ccc(C(=O)C2(C)CCCC2)cc1C. The third-order valence-electron chi connectivity index (χ3n) is 3.91. The highest BCUT2D eigenvalue weighted by molar-refractivity contribution is 6.00. The summed E-state index contributed by atoms with van der Waals surface area (Å²) in [5.74, 6) is 1.14. The first-order valence-electron chi connectivity index (χ1n) is 6.26. The van der Waals surface area contributed by atoms with Crippen LogP contribution in [0.25, 0.3) is 0 Å². The highest BCUT2D eigenvalue weighted by Crippen LogP contribution is 2.40. The second-order valence-corrected chi connectivity index (χ2v) is 5.28. The Morgan fingerprint density at radius 2 is 1.94 bits per heavy atom. The molecule has 1 aromatic carbocycles. The van der Waals surface area contributed by atoms with Crippen molar-refractivity contribution in [3.8, 4) is 5.75 Å². The van der Waals surface area contributed by atoms with Gasteiger partial charge in [0.1, 0.15) is 5.75 Å². The van der Waals surface area contributed by atoms with E-state index in [-0.39, 0.29) is 5.41 Å². The average molecular weight is 232 g/mol. The predicted molar refractivity (Wildman–Crippen MR) is 68.6 cm³/mol. The maximum absolute atomic E-state index is 12.5. The number of benzene rings is 1. The fourth-order valence-corrected chi connectivity index (χ4v) is 2.75. The van der Waals surface area contributed by atoms with Crippen LogP contribution >= 0.6 is 0 Å². The molecule has 0 atom stereocenters. The average Bonchev–Trinajstić information content (AvgIpc) is 2.76. The van der Waals surface area contributed by atoms with Gasteiger partial charge in [0.2, 0.25) is 0 Å². The van der Waals surface area contributed by atoms with Crippen molar-refractivity contribution in [2.75, 3.05) is 7.11 Å². The van der Waals surface area contributed by atoms with Gasteiger partial charge in [-0.2, -0.15) is 0 Å². The molecular weight excluding hydrogens is 212 g/mol. The molecule has 2 nitrogen and oxygen atoms in total. The monoisotopic (exact) mass is 232 g/mol. The van der Waals surface area contributed by atoms with Gasteiger partial charge in [0.25, 0.3) is 0 Å². The molecule has 2 rings (SSSR count). The van der Waals surface area contributed by atoms with Gasteiger partial charge in [-0.3, -0.25) is 4.79 Å². The molecule has 0 N–H and O–H groups in total. The summed E-state index contributed by atoms with van der Waals surface area (Å²) < 4.78 is 5.22. The van der Waals surface area contributed by atoms with E-state index in [0.717, 1.165) is 29.7 Å². The van der Waals surface area contributed by atoms with Crippen molar-refractivity contribution in [1.29, 1.82) is 0 Å². The first kappa shape index (κ1) is 12.2. The Morgan fingerprint density at radius 1 is 1.29 bits per heavy atom. The van der Waals surface area contributed by atoms with Crippen LogP contribution in [0.4, 0.5) is 0 Å². The van der Waals surface area contributed by atoms with Crippen LogP contribution in [0.5, 0.6) is 5.75 Å². The summed E-state index contributed by atoms with van der Waals surface area (Å²) in [6.07, 6.45) is 4.41.